The van der Waals surface area contributed by atoms with Gasteiger partial charge >= 0.3 is 0 Å². The summed E-state index contributed by atoms with van der Waals surface area (Å²) in [6.45, 7) is 8.15. The SMILES string of the molecule is CC1CCC(C(C)C)C(Nc2cccc(CN(C)C)c2)C1. The molecule has 0 spiro atoms. The molecular weight excluding hydrogens is 256 g/mol. The summed E-state index contributed by atoms with van der Waals surface area (Å²) in [5.41, 5.74) is 2.68. The molecule has 21 heavy (non-hydrogen) atoms. The second-order valence-corrected chi connectivity index (χ2v) is 7.52. The maximum Gasteiger partial charge on any atom is 0.0345 e. The summed E-state index contributed by atoms with van der Waals surface area (Å²) in [5.74, 6) is 2.42. The molecule has 1 aromatic rings. The molecule has 1 N–H and O–H groups in total. The lowest BCUT2D eigenvalue weighted by atomic mass is 9.74. The van der Waals surface area contributed by atoms with E-state index in [4.69, 9.17) is 0 Å². The standard InChI is InChI=1S/C19H32N2/c1-14(2)18-10-9-15(3)11-19(18)20-17-8-6-7-16(12-17)13-21(4)5/h6-8,12,14-15,18-20H,9-11,13H2,1-5H3. The van der Waals surface area contributed by atoms with Crippen molar-refractivity contribution in [3.05, 3.63) is 29.8 Å². The van der Waals surface area contributed by atoms with Gasteiger partial charge in [0.1, 0.15) is 0 Å². The van der Waals surface area contributed by atoms with Gasteiger partial charge < -0.3 is 10.2 Å². The van der Waals surface area contributed by atoms with E-state index in [1.807, 2.05) is 0 Å². The van der Waals surface area contributed by atoms with Crippen LogP contribution in [0, 0.1) is 17.8 Å². The Balaban J connectivity index is 2.07. The van der Waals surface area contributed by atoms with Crippen LogP contribution in [0.5, 0.6) is 0 Å². The van der Waals surface area contributed by atoms with E-state index in [2.05, 4.69) is 69.3 Å². The summed E-state index contributed by atoms with van der Waals surface area (Å²) >= 11 is 0. The molecular formula is C19H32N2. The molecule has 1 fully saturated rings. The molecule has 3 atom stereocenters. The highest BCUT2D eigenvalue weighted by atomic mass is 15.0. The van der Waals surface area contributed by atoms with Crippen LogP contribution in [0.3, 0.4) is 0 Å². The zero-order chi connectivity index (χ0) is 15.4. The average Bonchev–Trinajstić information content (AvgIpc) is 2.38. The van der Waals surface area contributed by atoms with Gasteiger partial charge in [0.2, 0.25) is 0 Å². The normalized spacial score (nSPS) is 26.3. The van der Waals surface area contributed by atoms with E-state index in [1.54, 1.807) is 0 Å². The Morgan fingerprint density at radius 1 is 1.24 bits per heavy atom. The summed E-state index contributed by atoms with van der Waals surface area (Å²) in [6, 6.07) is 9.56. The van der Waals surface area contributed by atoms with Gasteiger partial charge in [-0.25, -0.2) is 0 Å². The van der Waals surface area contributed by atoms with Crippen LogP contribution in [0.25, 0.3) is 0 Å². The van der Waals surface area contributed by atoms with Crippen molar-refractivity contribution in [1.29, 1.82) is 0 Å². The summed E-state index contributed by atoms with van der Waals surface area (Å²) in [6.07, 6.45) is 4.07. The Hall–Kier alpha value is -1.02. The second-order valence-electron chi connectivity index (χ2n) is 7.52. The fraction of sp³-hybridized carbons (Fsp3) is 0.684. The van der Waals surface area contributed by atoms with Gasteiger partial charge in [0.25, 0.3) is 0 Å². The maximum atomic E-state index is 3.84. The molecule has 2 rings (SSSR count). The maximum absolute atomic E-state index is 3.84. The van der Waals surface area contributed by atoms with Crippen LogP contribution in [0.2, 0.25) is 0 Å². The van der Waals surface area contributed by atoms with E-state index in [1.165, 1.54) is 30.5 Å². The first-order valence-electron chi connectivity index (χ1n) is 8.46. The first kappa shape index (κ1) is 16.4. The van der Waals surface area contributed by atoms with Crippen LogP contribution in [0.1, 0.15) is 45.6 Å². The molecule has 3 unspecified atom stereocenters. The minimum Gasteiger partial charge on any atom is -0.382 e. The van der Waals surface area contributed by atoms with Gasteiger partial charge in [-0.3, -0.25) is 0 Å². The topological polar surface area (TPSA) is 15.3 Å². The van der Waals surface area contributed by atoms with Crippen LogP contribution in [0.15, 0.2) is 24.3 Å². The molecule has 0 aliphatic heterocycles. The Kier molecular flexibility index (Phi) is 5.69. The van der Waals surface area contributed by atoms with Crippen molar-refractivity contribution in [2.24, 2.45) is 17.8 Å². The van der Waals surface area contributed by atoms with Crippen molar-refractivity contribution in [3.63, 3.8) is 0 Å². The van der Waals surface area contributed by atoms with Gasteiger partial charge in [0, 0.05) is 18.3 Å². The van der Waals surface area contributed by atoms with Crippen LogP contribution < -0.4 is 5.32 Å². The zero-order valence-corrected chi connectivity index (χ0v) is 14.4. The molecule has 0 aromatic heterocycles. The Morgan fingerprint density at radius 3 is 2.67 bits per heavy atom. The minimum absolute atomic E-state index is 0.628. The Bertz CT molecular complexity index is 439. The predicted octanol–water partition coefficient (Wildman–Crippen LogP) is 4.62. The third-order valence-corrected chi connectivity index (χ3v) is 4.80. The Labute approximate surface area is 130 Å². The number of benzene rings is 1. The van der Waals surface area contributed by atoms with Gasteiger partial charge in [-0.2, -0.15) is 0 Å². The minimum atomic E-state index is 0.628. The fourth-order valence-electron chi connectivity index (χ4n) is 3.71. The van der Waals surface area contributed by atoms with Crippen molar-refractivity contribution >= 4 is 5.69 Å². The molecule has 2 nitrogen and oxygen atoms in total. The highest BCUT2D eigenvalue weighted by molar-refractivity contribution is 5.46. The van der Waals surface area contributed by atoms with Crippen LogP contribution in [-0.4, -0.2) is 25.0 Å². The van der Waals surface area contributed by atoms with E-state index < -0.39 is 0 Å². The van der Waals surface area contributed by atoms with Gasteiger partial charge in [0.05, 0.1) is 0 Å². The molecule has 1 aliphatic rings. The van der Waals surface area contributed by atoms with Crippen molar-refractivity contribution in [2.45, 2.75) is 52.6 Å². The number of hydrogen-bond donors (Lipinski definition) is 1. The lowest BCUT2D eigenvalue weighted by Crippen LogP contribution is -2.37. The van der Waals surface area contributed by atoms with Gasteiger partial charge in [0.15, 0.2) is 0 Å². The van der Waals surface area contributed by atoms with Crippen LogP contribution in [-0.2, 0) is 6.54 Å². The van der Waals surface area contributed by atoms with Crippen molar-refractivity contribution < 1.29 is 0 Å². The van der Waals surface area contributed by atoms with E-state index in [0.717, 1.165) is 24.3 Å². The van der Waals surface area contributed by atoms with Crippen LogP contribution >= 0.6 is 0 Å². The van der Waals surface area contributed by atoms with Crippen molar-refractivity contribution in [1.82, 2.24) is 4.90 Å². The number of nitrogens with one attached hydrogen (secondary N) is 1. The zero-order valence-electron chi connectivity index (χ0n) is 14.4. The molecule has 0 amide bonds. The molecule has 0 saturated heterocycles. The first-order chi connectivity index (χ1) is 9.95. The molecule has 0 radical (unpaired) electrons. The van der Waals surface area contributed by atoms with Crippen molar-refractivity contribution in [3.8, 4) is 0 Å². The van der Waals surface area contributed by atoms with E-state index in [9.17, 15) is 0 Å². The fourth-order valence-corrected chi connectivity index (χ4v) is 3.71. The van der Waals surface area contributed by atoms with Gasteiger partial charge in [-0.1, -0.05) is 39.3 Å². The predicted molar refractivity (Wildman–Crippen MR) is 92.6 cm³/mol. The number of anilines is 1. The average molecular weight is 288 g/mol. The molecule has 1 aliphatic carbocycles. The highest BCUT2D eigenvalue weighted by Gasteiger charge is 2.30. The molecule has 1 aromatic carbocycles. The summed E-state index contributed by atoms with van der Waals surface area (Å²) in [5, 5.41) is 3.84. The molecule has 0 bridgehead atoms. The smallest absolute Gasteiger partial charge is 0.0345 e. The Morgan fingerprint density at radius 2 is 2.00 bits per heavy atom. The molecule has 2 heteroatoms. The van der Waals surface area contributed by atoms with E-state index in [-0.39, 0.29) is 0 Å². The number of rotatable bonds is 5. The largest absolute Gasteiger partial charge is 0.382 e. The quantitative estimate of drug-likeness (QED) is 0.850. The number of hydrogen-bond acceptors (Lipinski definition) is 2. The lowest BCUT2D eigenvalue weighted by Gasteiger charge is -2.38. The second kappa shape index (κ2) is 7.31. The lowest BCUT2D eigenvalue weighted by molar-refractivity contribution is 0.212. The molecule has 118 valence electrons. The summed E-state index contributed by atoms with van der Waals surface area (Å²) in [7, 11) is 4.25. The van der Waals surface area contributed by atoms with Crippen molar-refractivity contribution in [2.75, 3.05) is 19.4 Å². The summed E-state index contributed by atoms with van der Waals surface area (Å²) < 4.78 is 0. The van der Waals surface area contributed by atoms with Gasteiger partial charge in [-0.15, -0.1) is 0 Å². The third-order valence-electron chi connectivity index (χ3n) is 4.80. The number of nitrogens with zero attached hydrogens (tertiary/aromatic N) is 1. The van der Waals surface area contributed by atoms with Gasteiger partial charge in [-0.05, 0) is 62.4 Å². The van der Waals surface area contributed by atoms with Crippen LogP contribution in [0.4, 0.5) is 5.69 Å². The molecule has 0 heterocycles. The summed E-state index contributed by atoms with van der Waals surface area (Å²) in [4.78, 5) is 2.22. The van der Waals surface area contributed by atoms with E-state index >= 15 is 0 Å². The van der Waals surface area contributed by atoms with E-state index in [0.29, 0.717) is 6.04 Å². The third kappa shape index (κ3) is 4.74. The first-order valence-corrected chi connectivity index (χ1v) is 8.46. The monoisotopic (exact) mass is 288 g/mol. The highest BCUT2D eigenvalue weighted by Crippen LogP contribution is 2.35. The molecule has 1 saturated carbocycles.